The number of rotatable bonds is 5. The van der Waals surface area contributed by atoms with E-state index in [4.69, 9.17) is 5.10 Å². The molecule has 0 unspecified atom stereocenters. The van der Waals surface area contributed by atoms with Crippen molar-refractivity contribution in [2.75, 3.05) is 32.7 Å². The smallest absolute Gasteiger partial charge is 0.259 e. The van der Waals surface area contributed by atoms with E-state index in [-0.39, 0.29) is 5.91 Å². The number of hydrogen-bond donors (Lipinski definition) is 0. The first kappa shape index (κ1) is 19.5. The van der Waals surface area contributed by atoms with Crippen LogP contribution in [0.15, 0.2) is 48.8 Å². The molecule has 152 valence electrons. The Bertz CT molecular complexity index is 981. The van der Waals surface area contributed by atoms with Crippen LogP contribution in [0.5, 0.6) is 0 Å². The van der Waals surface area contributed by atoms with Crippen molar-refractivity contribution < 1.29 is 4.79 Å². The van der Waals surface area contributed by atoms with Crippen LogP contribution in [0.4, 0.5) is 0 Å². The second-order valence-corrected chi connectivity index (χ2v) is 7.76. The lowest BCUT2D eigenvalue weighted by atomic mass is 10.1. The van der Waals surface area contributed by atoms with E-state index in [0.717, 1.165) is 61.9 Å². The fourth-order valence-electron chi connectivity index (χ4n) is 4.07. The average Bonchev–Trinajstić information content (AvgIpc) is 3.36. The van der Waals surface area contributed by atoms with E-state index < -0.39 is 0 Å². The fraction of sp³-hybridized carbons (Fsp3) is 0.391. The van der Waals surface area contributed by atoms with Gasteiger partial charge in [0.2, 0.25) is 0 Å². The molecular formula is C23H29N5O. The second kappa shape index (κ2) is 8.25. The van der Waals surface area contributed by atoms with Crippen LogP contribution in [-0.4, -0.2) is 62.8 Å². The first-order valence-electron chi connectivity index (χ1n) is 10.4. The topological polar surface area (TPSA) is 46.3 Å². The minimum absolute atomic E-state index is 0.0706. The number of nitrogens with zero attached hydrogens (tertiary/aromatic N) is 5. The molecule has 29 heavy (non-hydrogen) atoms. The zero-order valence-corrected chi connectivity index (χ0v) is 17.5. The number of aryl methyl sites for hydroxylation is 2. The van der Waals surface area contributed by atoms with Gasteiger partial charge in [0, 0.05) is 38.6 Å². The summed E-state index contributed by atoms with van der Waals surface area (Å²) >= 11 is 0. The standard InChI is InChI=1S/C23H29N5O/c1-4-10-25-13-15-27(16-14-25)23(29)21-19(3)24-28(20-9-7-8-18(2)17-20)22(21)26-11-5-6-12-26/h5-9,11-12,17H,4,10,13-16H2,1-3H3. The van der Waals surface area contributed by atoms with Crippen LogP contribution in [0.1, 0.15) is 35.0 Å². The zero-order valence-electron chi connectivity index (χ0n) is 17.5. The molecule has 0 radical (unpaired) electrons. The van der Waals surface area contributed by atoms with Crippen LogP contribution in [-0.2, 0) is 0 Å². The monoisotopic (exact) mass is 391 g/mol. The van der Waals surface area contributed by atoms with Gasteiger partial charge >= 0.3 is 0 Å². The van der Waals surface area contributed by atoms with Gasteiger partial charge in [0.05, 0.1) is 11.4 Å². The molecular weight excluding hydrogens is 362 g/mol. The Balaban J connectivity index is 1.73. The summed E-state index contributed by atoms with van der Waals surface area (Å²) in [6.45, 7) is 10.7. The van der Waals surface area contributed by atoms with Gasteiger partial charge in [0.25, 0.3) is 5.91 Å². The lowest BCUT2D eigenvalue weighted by molar-refractivity contribution is 0.0637. The molecule has 4 rings (SSSR count). The summed E-state index contributed by atoms with van der Waals surface area (Å²) < 4.78 is 3.88. The van der Waals surface area contributed by atoms with Crippen LogP contribution in [0.25, 0.3) is 11.5 Å². The minimum Gasteiger partial charge on any atom is -0.336 e. The van der Waals surface area contributed by atoms with Crippen molar-refractivity contribution in [1.29, 1.82) is 0 Å². The summed E-state index contributed by atoms with van der Waals surface area (Å²) in [5.41, 5.74) is 3.57. The van der Waals surface area contributed by atoms with Crippen molar-refractivity contribution in [1.82, 2.24) is 24.1 Å². The van der Waals surface area contributed by atoms with Gasteiger partial charge in [-0.05, 0) is 56.6 Å². The predicted octanol–water partition coefficient (Wildman–Crippen LogP) is 3.45. The average molecular weight is 392 g/mol. The SMILES string of the molecule is CCCN1CCN(C(=O)c2c(C)nn(-c3cccc(C)c3)c2-n2cccc2)CC1. The van der Waals surface area contributed by atoms with Gasteiger partial charge < -0.3 is 9.47 Å². The second-order valence-electron chi connectivity index (χ2n) is 7.76. The largest absolute Gasteiger partial charge is 0.336 e. The van der Waals surface area contributed by atoms with E-state index in [2.05, 4.69) is 30.9 Å². The highest BCUT2D eigenvalue weighted by molar-refractivity contribution is 5.98. The number of piperazine rings is 1. The molecule has 0 spiro atoms. The Hall–Kier alpha value is -2.86. The quantitative estimate of drug-likeness (QED) is 0.669. The van der Waals surface area contributed by atoms with Gasteiger partial charge in [-0.25, -0.2) is 4.68 Å². The number of benzene rings is 1. The molecule has 0 aliphatic carbocycles. The Kier molecular flexibility index (Phi) is 5.53. The molecule has 0 bridgehead atoms. The first-order chi connectivity index (χ1) is 14.1. The van der Waals surface area contributed by atoms with Crippen molar-refractivity contribution in [2.24, 2.45) is 0 Å². The Morgan fingerprint density at radius 3 is 2.41 bits per heavy atom. The van der Waals surface area contributed by atoms with E-state index >= 15 is 0 Å². The van der Waals surface area contributed by atoms with Gasteiger partial charge in [-0.3, -0.25) is 9.69 Å². The summed E-state index contributed by atoms with van der Waals surface area (Å²) in [4.78, 5) is 18.0. The maximum atomic E-state index is 13.6. The zero-order chi connectivity index (χ0) is 20.4. The maximum absolute atomic E-state index is 13.6. The molecule has 3 aromatic rings. The van der Waals surface area contributed by atoms with E-state index in [0.29, 0.717) is 5.56 Å². The summed E-state index contributed by atoms with van der Waals surface area (Å²) in [7, 11) is 0. The number of carbonyl (C=O) groups is 1. The molecule has 3 heterocycles. The number of carbonyl (C=O) groups excluding carboxylic acids is 1. The first-order valence-corrected chi connectivity index (χ1v) is 10.4. The van der Waals surface area contributed by atoms with E-state index in [1.807, 2.05) is 57.7 Å². The predicted molar refractivity (Wildman–Crippen MR) is 115 cm³/mol. The molecule has 6 heteroatoms. The minimum atomic E-state index is 0.0706. The van der Waals surface area contributed by atoms with Crippen molar-refractivity contribution in [3.63, 3.8) is 0 Å². The van der Waals surface area contributed by atoms with Crippen LogP contribution in [0.3, 0.4) is 0 Å². The van der Waals surface area contributed by atoms with Crippen molar-refractivity contribution in [2.45, 2.75) is 27.2 Å². The maximum Gasteiger partial charge on any atom is 0.259 e. The van der Waals surface area contributed by atoms with Crippen molar-refractivity contribution >= 4 is 5.91 Å². The Morgan fingerprint density at radius 1 is 1.03 bits per heavy atom. The lowest BCUT2D eigenvalue weighted by Crippen LogP contribution is -2.49. The van der Waals surface area contributed by atoms with Gasteiger partial charge in [-0.15, -0.1) is 0 Å². The normalized spacial score (nSPS) is 15.1. The molecule has 1 aliphatic rings. The Labute approximate surface area is 172 Å². The molecule has 1 aromatic carbocycles. The molecule has 1 aliphatic heterocycles. The summed E-state index contributed by atoms with van der Waals surface area (Å²) in [5, 5.41) is 4.78. The van der Waals surface area contributed by atoms with E-state index in [1.165, 1.54) is 0 Å². The molecule has 0 atom stereocenters. The Morgan fingerprint density at radius 2 is 1.76 bits per heavy atom. The van der Waals surface area contributed by atoms with E-state index in [9.17, 15) is 4.79 Å². The third kappa shape index (κ3) is 3.85. The van der Waals surface area contributed by atoms with Gasteiger partial charge in [0.15, 0.2) is 5.82 Å². The number of aromatic nitrogens is 3. The summed E-state index contributed by atoms with van der Waals surface area (Å²) in [5.74, 6) is 0.875. The highest BCUT2D eigenvalue weighted by atomic mass is 16.2. The third-order valence-electron chi connectivity index (χ3n) is 5.54. The van der Waals surface area contributed by atoms with Crippen LogP contribution < -0.4 is 0 Å². The molecule has 0 N–H and O–H groups in total. The van der Waals surface area contributed by atoms with Crippen molar-refractivity contribution in [3.05, 3.63) is 65.6 Å². The molecule has 6 nitrogen and oxygen atoms in total. The van der Waals surface area contributed by atoms with Crippen LogP contribution in [0, 0.1) is 13.8 Å². The molecule has 1 fully saturated rings. The van der Waals surface area contributed by atoms with Gasteiger partial charge in [0.1, 0.15) is 5.56 Å². The van der Waals surface area contributed by atoms with Gasteiger partial charge in [-0.1, -0.05) is 19.1 Å². The fourth-order valence-corrected chi connectivity index (χ4v) is 4.07. The lowest BCUT2D eigenvalue weighted by Gasteiger charge is -2.34. The molecule has 1 amide bonds. The summed E-state index contributed by atoms with van der Waals surface area (Å²) in [6.07, 6.45) is 5.09. The van der Waals surface area contributed by atoms with Gasteiger partial charge in [-0.2, -0.15) is 5.10 Å². The molecule has 2 aromatic heterocycles. The summed E-state index contributed by atoms with van der Waals surface area (Å²) in [6, 6.07) is 12.2. The van der Waals surface area contributed by atoms with Crippen molar-refractivity contribution in [3.8, 4) is 11.5 Å². The number of hydrogen-bond acceptors (Lipinski definition) is 3. The third-order valence-corrected chi connectivity index (χ3v) is 5.54. The number of amides is 1. The molecule has 1 saturated heterocycles. The highest BCUT2D eigenvalue weighted by Crippen LogP contribution is 2.25. The van der Waals surface area contributed by atoms with E-state index in [1.54, 1.807) is 0 Å². The highest BCUT2D eigenvalue weighted by Gasteiger charge is 2.29. The molecule has 0 saturated carbocycles. The van der Waals surface area contributed by atoms with Crippen LogP contribution in [0.2, 0.25) is 0 Å². The van der Waals surface area contributed by atoms with Crippen LogP contribution >= 0.6 is 0 Å².